The van der Waals surface area contributed by atoms with Gasteiger partial charge in [0.1, 0.15) is 5.82 Å². The third-order valence-electron chi connectivity index (χ3n) is 4.74. The maximum Gasteiger partial charge on any atom is 0.237 e. The van der Waals surface area contributed by atoms with E-state index in [0.29, 0.717) is 32.7 Å². The van der Waals surface area contributed by atoms with Gasteiger partial charge in [-0.3, -0.25) is 0 Å². The van der Waals surface area contributed by atoms with E-state index in [2.05, 4.69) is 27.1 Å². The van der Waals surface area contributed by atoms with Gasteiger partial charge in [-0.05, 0) is 31.4 Å². The second kappa shape index (κ2) is 7.44. The number of rotatable bonds is 2. The first-order valence-electron chi connectivity index (χ1n) is 9.05. The van der Waals surface area contributed by atoms with Crippen LogP contribution in [0, 0.1) is 0 Å². The largest absolute Gasteiger partial charge is 0.346 e. The van der Waals surface area contributed by atoms with Gasteiger partial charge in [0.2, 0.25) is 10.0 Å². The van der Waals surface area contributed by atoms with Crippen molar-refractivity contribution in [3.8, 4) is 0 Å². The lowest BCUT2D eigenvalue weighted by atomic mass is 9.96. The lowest BCUT2D eigenvalue weighted by Crippen LogP contribution is -2.48. The molecule has 7 nitrogen and oxygen atoms in total. The summed E-state index contributed by atoms with van der Waals surface area (Å²) in [4.78, 5) is 8.89. The van der Waals surface area contributed by atoms with Crippen molar-refractivity contribution in [2.75, 3.05) is 44.8 Å². The summed E-state index contributed by atoms with van der Waals surface area (Å²) in [5.41, 5.74) is 1.15. The number of aromatic nitrogens is 2. The van der Waals surface area contributed by atoms with Crippen LogP contribution >= 0.6 is 23.8 Å². The molecule has 0 spiro atoms. The van der Waals surface area contributed by atoms with Crippen LogP contribution in [0.25, 0.3) is 11.0 Å². The van der Waals surface area contributed by atoms with Gasteiger partial charge in [-0.1, -0.05) is 32.4 Å². The van der Waals surface area contributed by atoms with Crippen LogP contribution in [-0.2, 0) is 15.4 Å². The van der Waals surface area contributed by atoms with Crippen LogP contribution in [0.4, 0.5) is 5.69 Å². The number of nitrogens with one attached hydrogen (secondary N) is 1. The van der Waals surface area contributed by atoms with Crippen molar-refractivity contribution in [3.05, 3.63) is 23.0 Å². The molecule has 1 N–H and O–H groups in total. The van der Waals surface area contributed by atoms with Crippen molar-refractivity contribution in [2.45, 2.75) is 26.2 Å². The quantitative estimate of drug-likeness (QED) is 0.715. The number of hydrogen-bond donors (Lipinski definition) is 1. The predicted octanol–water partition coefficient (Wildman–Crippen LogP) is 2.74. The fourth-order valence-corrected chi connectivity index (χ4v) is 4.81. The van der Waals surface area contributed by atoms with Crippen LogP contribution in [0.15, 0.2) is 12.1 Å². The first-order chi connectivity index (χ1) is 12.9. The molecule has 2 aromatic rings. The van der Waals surface area contributed by atoms with Gasteiger partial charge >= 0.3 is 0 Å². The maximum absolute atomic E-state index is 12.5. The van der Waals surface area contributed by atoms with Gasteiger partial charge in [0.05, 0.1) is 28.0 Å². The molecule has 154 valence electrons. The molecule has 0 radical (unpaired) electrons. The summed E-state index contributed by atoms with van der Waals surface area (Å²) >= 11 is 12.0. The normalized spacial score (nSPS) is 16.6. The molecule has 2 heterocycles. The molecule has 28 heavy (non-hydrogen) atoms. The first kappa shape index (κ1) is 21.3. The van der Waals surface area contributed by atoms with E-state index in [9.17, 15) is 8.42 Å². The molecular formula is C18H26ClN5O2S2. The number of anilines is 1. The van der Waals surface area contributed by atoms with E-state index in [-0.39, 0.29) is 0 Å². The molecule has 1 aromatic heterocycles. The molecular weight excluding hydrogens is 418 g/mol. The molecule has 10 heteroatoms. The maximum atomic E-state index is 12.5. The average molecular weight is 444 g/mol. The Labute approximate surface area is 176 Å². The van der Waals surface area contributed by atoms with Gasteiger partial charge in [-0.2, -0.15) is 0 Å². The molecule has 1 aliphatic rings. The van der Waals surface area contributed by atoms with E-state index in [1.165, 1.54) is 10.2 Å². The van der Waals surface area contributed by atoms with Crippen LogP contribution in [0.2, 0.25) is 5.02 Å². The van der Waals surface area contributed by atoms with E-state index < -0.39 is 15.4 Å². The molecule has 0 atom stereocenters. The standard InChI is InChI=1S/C18H26ClN5O2S2/c1-18(2,3)16-20-14-10-12(19)13(11-15(14)24(16)28(5,25)26)21-17(27)23-8-6-22(4)7-9-23/h10-11H,6-9H2,1-5H3,(H,21,27). The summed E-state index contributed by atoms with van der Waals surface area (Å²) in [6.07, 6.45) is 1.18. The molecule has 0 saturated carbocycles. The topological polar surface area (TPSA) is 70.5 Å². The van der Waals surface area contributed by atoms with Crippen LogP contribution in [0.1, 0.15) is 26.6 Å². The zero-order chi connectivity index (χ0) is 20.9. The minimum absolute atomic E-state index is 0.447. The lowest BCUT2D eigenvalue weighted by Gasteiger charge is -2.34. The number of halogens is 1. The number of thiocarbonyl (C=S) groups is 1. The third kappa shape index (κ3) is 4.27. The van der Waals surface area contributed by atoms with Crippen LogP contribution in [-0.4, -0.2) is 71.8 Å². The Hall–Kier alpha value is -1.42. The van der Waals surface area contributed by atoms with Gasteiger partial charge in [-0.25, -0.2) is 17.4 Å². The van der Waals surface area contributed by atoms with Crippen molar-refractivity contribution in [1.29, 1.82) is 0 Å². The Morgan fingerprint density at radius 1 is 1.21 bits per heavy atom. The number of imidazole rings is 1. The van der Waals surface area contributed by atoms with Crippen molar-refractivity contribution < 1.29 is 8.42 Å². The summed E-state index contributed by atoms with van der Waals surface area (Å²) in [7, 11) is -1.47. The minimum atomic E-state index is -3.55. The molecule has 0 aliphatic carbocycles. The second-order valence-electron chi connectivity index (χ2n) is 8.25. The highest BCUT2D eigenvalue weighted by molar-refractivity contribution is 7.89. The Bertz CT molecular complexity index is 1020. The molecule has 1 aromatic carbocycles. The zero-order valence-corrected chi connectivity index (χ0v) is 19.2. The molecule has 0 amide bonds. The van der Waals surface area contributed by atoms with E-state index in [1.807, 2.05) is 20.8 Å². The Morgan fingerprint density at radius 3 is 2.36 bits per heavy atom. The molecule has 1 saturated heterocycles. The number of fused-ring (bicyclic) bond motifs is 1. The number of nitrogens with zero attached hydrogens (tertiary/aromatic N) is 4. The number of likely N-dealkylation sites (N-methyl/N-ethyl adjacent to an activating group) is 1. The van der Waals surface area contributed by atoms with Crippen LogP contribution in [0.5, 0.6) is 0 Å². The van der Waals surface area contributed by atoms with Gasteiger partial charge in [0, 0.05) is 31.6 Å². The summed E-state index contributed by atoms with van der Waals surface area (Å²) in [6.45, 7) is 9.32. The van der Waals surface area contributed by atoms with E-state index in [0.717, 1.165) is 26.2 Å². The Morgan fingerprint density at radius 2 is 1.82 bits per heavy atom. The van der Waals surface area contributed by atoms with Crippen LogP contribution < -0.4 is 5.32 Å². The first-order valence-corrected chi connectivity index (χ1v) is 11.7. The minimum Gasteiger partial charge on any atom is -0.346 e. The fourth-order valence-electron chi connectivity index (χ4n) is 3.18. The highest BCUT2D eigenvalue weighted by atomic mass is 35.5. The lowest BCUT2D eigenvalue weighted by molar-refractivity contribution is 0.217. The van der Waals surface area contributed by atoms with Crippen molar-refractivity contribution in [3.63, 3.8) is 0 Å². The van der Waals surface area contributed by atoms with Gasteiger partial charge in [0.25, 0.3) is 0 Å². The van der Waals surface area contributed by atoms with Crippen molar-refractivity contribution in [1.82, 2.24) is 18.8 Å². The predicted molar refractivity (Wildman–Crippen MR) is 119 cm³/mol. The highest BCUT2D eigenvalue weighted by Crippen LogP contribution is 2.33. The van der Waals surface area contributed by atoms with E-state index in [4.69, 9.17) is 23.8 Å². The number of piperazine rings is 1. The van der Waals surface area contributed by atoms with Gasteiger partial charge < -0.3 is 15.1 Å². The smallest absolute Gasteiger partial charge is 0.237 e. The Kier molecular flexibility index (Phi) is 5.66. The second-order valence-corrected chi connectivity index (χ2v) is 10.9. The molecule has 3 rings (SSSR count). The molecule has 1 aliphatic heterocycles. The highest BCUT2D eigenvalue weighted by Gasteiger charge is 2.28. The number of hydrogen-bond acceptors (Lipinski definition) is 5. The zero-order valence-electron chi connectivity index (χ0n) is 16.8. The number of benzene rings is 1. The summed E-state index contributed by atoms with van der Waals surface area (Å²) in [6, 6.07) is 3.39. The van der Waals surface area contributed by atoms with Crippen molar-refractivity contribution >= 4 is 55.7 Å². The average Bonchev–Trinajstić information content (AvgIpc) is 2.94. The summed E-state index contributed by atoms with van der Waals surface area (Å²) < 4.78 is 26.3. The Balaban J connectivity index is 2.03. The SMILES string of the molecule is CN1CCN(C(=S)Nc2cc3c(cc2Cl)nc(C(C)(C)C)n3S(C)(=O)=O)CC1. The summed E-state index contributed by atoms with van der Waals surface area (Å²) in [5, 5.41) is 4.21. The molecule has 1 fully saturated rings. The van der Waals surface area contributed by atoms with E-state index in [1.54, 1.807) is 12.1 Å². The molecule has 0 bridgehead atoms. The molecule has 0 unspecified atom stereocenters. The van der Waals surface area contributed by atoms with E-state index >= 15 is 0 Å². The third-order valence-corrected chi connectivity index (χ3v) is 6.44. The monoisotopic (exact) mass is 443 g/mol. The fraction of sp³-hybridized carbons (Fsp3) is 0.556. The van der Waals surface area contributed by atoms with Crippen LogP contribution in [0.3, 0.4) is 0 Å². The van der Waals surface area contributed by atoms with Crippen molar-refractivity contribution in [2.24, 2.45) is 0 Å². The summed E-state index contributed by atoms with van der Waals surface area (Å²) in [5.74, 6) is 0.472. The van der Waals surface area contributed by atoms with Gasteiger partial charge in [-0.15, -0.1) is 0 Å². The van der Waals surface area contributed by atoms with Gasteiger partial charge in [0.15, 0.2) is 5.11 Å².